The second-order valence-electron chi connectivity index (χ2n) is 6.82. The summed E-state index contributed by atoms with van der Waals surface area (Å²) < 4.78 is 18.2. The van der Waals surface area contributed by atoms with Crippen LogP contribution >= 0.6 is 0 Å². The summed E-state index contributed by atoms with van der Waals surface area (Å²) in [5.74, 6) is 0.689. The zero-order valence-electron chi connectivity index (χ0n) is 15.9. The second kappa shape index (κ2) is 7.61. The van der Waals surface area contributed by atoms with E-state index in [4.69, 9.17) is 19.3 Å². The fourth-order valence-electron chi connectivity index (χ4n) is 3.34. The van der Waals surface area contributed by atoms with Crippen molar-refractivity contribution in [1.82, 2.24) is 24.3 Å². The number of anilines is 2. The summed E-state index contributed by atoms with van der Waals surface area (Å²) in [7, 11) is 0. The van der Waals surface area contributed by atoms with Crippen molar-refractivity contribution in [2.24, 2.45) is 5.73 Å². The highest BCUT2D eigenvalue weighted by molar-refractivity contribution is 5.91. The molecule has 1 aliphatic rings. The standard InChI is InChI=1S/C19H19N7O4/c20-16(27)15-7-12(11-29-15)14-9-22-17(18-21-1-2-26(14)18)24-19-23-8-13(30-19)10-25-3-5-28-6-4-25/h1-2,7-9,11H,3-6,10H2,(H2,20,27)(H,22,23,24). The molecule has 30 heavy (non-hydrogen) atoms. The van der Waals surface area contributed by atoms with Crippen molar-refractivity contribution < 1.29 is 18.4 Å². The number of ether oxygens (including phenoxy) is 1. The van der Waals surface area contributed by atoms with Crippen molar-refractivity contribution in [3.05, 3.63) is 48.6 Å². The first-order chi connectivity index (χ1) is 14.7. The van der Waals surface area contributed by atoms with Gasteiger partial charge in [-0.2, -0.15) is 0 Å². The van der Waals surface area contributed by atoms with Gasteiger partial charge in [-0.05, 0) is 6.07 Å². The van der Waals surface area contributed by atoms with E-state index in [1.807, 2.05) is 4.40 Å². The van der Waals surface area contributed by atoms with E-state index in [0.29, 0.717) is 35.3 Å². The maximum atomic E-state index is 11.3. The first-order valence-electron chi connectivity index (χ1n) is 9.40. The number of nitrogens with one attached hydrogen (secondary N) is 1. The molecule has 0 unspecified atom stereocenters. The van der Waals surface area contributed by atoms with Gasteiger partial charge < -0.3 is 19.3 Å². The Morgan fingerprint density at radius 3 is 2.87 bits per heavy atom. The van der Waals surface area contributed by atoms with Crippen LogP contribution in [0.4, 0.5) is 11.8 Å². The van der Waals surface area contributed by atoms with Gasteiger partial charge in [-0.15, -0.1) is 0 Å². The van der Waals surface area contributed by atoms with E-state index >= 15 is 0 Å². The summed E-state index contributed by atoms with van der Waals surface area (Å²) in [5, 5.41) is 3.08. The third kappa shape index (κ3) is 3.51. The van der Waals surface area contributed by atoms with Crippen LogP contribution in [0, 0.1) is 0 Å². The van der Waals surface area contributed by atoms with Crippen molar-refractivity contribution in [3.8, 4) is 11.3 Å². The zero-order chi connectivity index (χ0) is 20.5. The Kier molecular flexibility index (Phi) is 4.65. The number of primary amides is 1. The van der Waals surface area contributed by atoms with Gasteiger partial charge in [0.15, 0.2) is 17.2 Å². The lowest BCUT2D eigenvalue weighted by Crippen LogP contribution is -2.35. The third-order valence-corrected chi connectivity index (χ3v) is 4.83. The number of carbonyl (C=O) groups excluding carboxylic acids is 1. The van der Waals surface area contributed by atoms with Crippen molar-refractivity contribution in [3.63, 3.8) is 0 Å². The Morgan fingerprint density at radius 1 is 1.20 bits per heavy atom. The Labute approximate surface area is 170 Å². The molecule has 1 saturated heterocycles. The van der Waals surface area contributed by atoms with Gasteiger partial charge in [0.2, 0.25) is 0 Å². The molecule has 0 aliphatic carbocycles. The highest BCUT2D eigenvalue weighted by Crippen LogP contribution is 2.26. The molecule has 1 amide bonds. The smallest absolute Gasteiger partial charge is 0.300 e. The zero-order valence-corrected chi connectivity index (χ0v) is 15.9. The van der Waals surface area contributed by atoms with Crippen molar-refractivity contribution in [1.29, 1.82) is 0 Å². The Balaban J connectivity index is 1.38. The largest absolute Gasteiger partial charge is 0.458 e. The molecule has 0 radical (unpaired) electrons. The number of hydrogen-bond donors (Lipinski definition) is 2. The van der Waals surface area contributed by atoms with Gasteiger partial charge in [-0.1, -0.05) is 0 Å². The summed E-state index contributed by atoms with van der Waals surface area (Å²) in [6, 6.07) is 1.90. The average molecular weight is 409 g/mol. The summed E-state index contributed by atoms with van der Waals surface area (Å²) in [6.45, 7) is 3.86. The molecule has 0 aromatic carbocycles. The maximum Gasteiger partial charge on any atom is 0.300 e. The molecule has 1 fully saturated rings. The van der Waals surface area contributed by atoms with Crippen LogP contribution in [0.2, 0.25) is 0 Å². The van der Waals surface area contributed by atoms with Gasteiger partial charge in [0.05, 0.1) is 37.8 Å². The van der Waals surface area contributed by atoms with Crippen LogP contribution < -0.4 is 11.1 Å². The number of carbonyl (C=O) groups is 1. The molecule has 5 heterocycles. The van der Waals surface area contributed by atoms with E-state index in [-0.39, 0.29) is 5.76 Å². The van der Waals surface area contributed by atoms with Crippen LogP contribution in [0.25, 0.3) is 16.9 Å². The predicted molar refractivity (Wildman–Crippen MR) is 105 cm³/mol. The summed E-state index contributed by atoms with van der Waals surface area (Å²) >= 11 is 0. The van der Waals surface area contributed by atoms with E-state index in [2.05, 4.69) is 25.2 Å². The minimum atomic E-state index is -0.633. The molecule has 0 saturated carbocycles. The molecule has 0 bridgehead atoms. The van der Waals surface area contributed by atoms with E-state index in [1.165, 1.54) is 6.26 Å². The minimum absolute atomic E-state index is 0.0769. The molecule has 0 atom stereocenters. The van der Waals surface area contributed by atoms with Gasteiger partial charge in [0, 0.05) is 31.0 Å². The summed E-state index contributed by atoms with van der Waals surface area (Å²) in [6.07, 6.45) is 8.24. The normalized spacial score (nSPS) is 14.9. The predicted octanol–water partition coefficient (Wildman–Crippen LogP) is 1.65. The molecular weight excluding hydrogens is 390 g/mol. The van der Waals surface area contributed by atoms with Crippen molar-refractivity contribution >= 4 is 23.4 Å². The number of amides is 1. The van der Waals surface area contributed by atoms with Gasteiger partial charge >= 0.3 is 6.01 Å². The van der Waals surface area contributed by atoms with Crippen LogP contribution in [-0.2, 0) is 11.3 Å². The number of imidazole rings is 1. The van der Waals surface area contributed by atoms with Crippen LogP contribution in [0.3, 0.4) is 0 Å². The fraction of sp³-hybridized carbons (Fsp3) is 0.263. The second-order valence-corrected chi connectivity index (χ2v) is 6.82. The number of morpholine rings is 1. The summed E-state index contributed by atoms with van der Waals surface area (Å²) in [4.78, 5) is 26.7. The Bertz CT molecular complexity index is 1190. The number of nitrogens with two attached hydrogens (primary N) is 1. The highest BCUT2D eigenvalue weighted by atomic mass is 16.5. The molecular formula is C19H19N7O4. The molecule has 5 rings (SSSR count). The van der Waals surface area contributed by atoms with E-state index < -0.39 is 5.91 Å². The van der Waals surface area contributed by atoms with Gasteiger partial charge in [-0.25, -0.2) is 15.0 Å². The molecule has 154 valence electrons. The topological polar surface area (TPSA) is 137 Å². The minimum Gasteiger partial charge on any atom is -0.458 e. The van der Waals surface area contributed by atoms with Gasteiger partial charge in [-0.3, -0.25) is 19.4 Å². The maximum absolute atomic E-state index is 11.3. The van der Waals surface area contributed by atoms with Crippen LogP contribution in [0.1, 0.15) is 16.3 Å². The molecule has 11 heteroatoms. The quantitative estimate of drug-likeness (QED) is 0.487. The Hall–Kier alpha value is -3.70. The van der Waals surface area contributed by atoms with E-state index in [9.17, 15) is 4.79 Å². The third-order valence-electron chi connectivity index (χ3n) is 4.83. The van der Waals surface area contributed by atoms with Crippen LogP contribution in [-0.4, -0.2) is 56.5 Å². The van der Waals surface area contributed by atoms with Gasteiger partial charge in [0.25, 0.3) is 5.91 Å². The number of hydrogen-bond acceptors (Lipinski definition) is 9. The average Bonchev–Trinajstić information content (AvgIpc) is 3.50. The molecule has 4 aromatic rings. The molecule has 1 aliphatic heterocycles. The fourth-order valence-corrected chi connectivity index (χ4v) is 3.34. The van der Waals surface area contributed by atoms with Crippen molar-refractivity contribution in [2.75, 3.05) is 31.6 Å². The molecule has 3 N–H and O–H groups in total. The molecule has 4 aromatic heterocycles. The monoisotopic (exact) mass is 409 g/mol. The number of rotatable bonds is 6. The van der Waals surface area contributed by atoms with Gasteiger partial charge in [0.1, 0.15) is 12.0 Å². The lowest BCUT2D eigenvalue weighted by molar-refractivity contribution is 0.0314. The Morgan fingerprint density at radius 2 is 2.07 bits per heavy atom. The number of fused-ring (bicyclic) bond motifs is 1. The SMILES string of the molecule is NC(=O)c1cc(-c2cnc(Nc3ncc(CN4CCOCC4)o3)c3nccn23)co1. The van der Waals surface area contributed by atoms with Crippen LogP contribution in [0.5, 0.6) is 0 Å². The molecule has 11 nitrogen and oxygen atoms in total. The first kappa shape index (κ1) is 18.3. The lowest BCUT2D eigenvalue weighted by Gasteiger charge is -2.25. The van der Waals surface area contributed by atoms with Crippen LogP contribution in [0.15, 0.2) is 46.0 Å². The molecule has 0 spiro atoms. The summed E-state index contributed by atoms with van der Waals surface area (Å²) in [5.41, 5.74) is 7.20. The number of furan rings is 1. The van der Waals surface area contributed by atoms with E-state index in [1.54, 1.807) is 30.9 Å². The van der Waals surface area contributed by atoms with Crippen molar-refractivity contribution in [2.45, 2.75) is 6.54 Å². The highest BCUT2D eigenvalue weighted by Gasteiger charge is 2.17. The lowest BCUT2D eigenvalue weighted by atomic mass is 10.2. The first-order valence-corrected chi connectivity index (χ1v) is 9.40. The number of nitrogens with zero attached hydrogens (tertiary/aromatic N) is 5. The van der Waals surface area contributed by atoms with E-state index in [0.717, 1.165) is 32.1 Å². The number of aromatic nitrogens is 4. The number of oxazole rings is 1.